The van der Waals surface area contributed by atoms with Gasteiger partial charge in [-0.15, -0.1) is 0 Å². The van der Waals surface area contributed by atoms with Gasteiger partial charge in [0.25, 0.3) is 0 Å². The van der Waals surface area contributed by atoms with Gasteiger partial charge in [-0.1, -0.05) is 11.8 Å². The molecular formula is C18H19N5O3S. The number of rotatable bonds is 7. The van der Waals surface area contributed by atoms with Gasteiger partial charge >= 0.3 is 0 Å². The van der Waals surface area contributed by atoms with Crippen molar-refractivity contribution in [2.45, 2.75) is 18.3 Å². The van der Waals surface area contributed by atoms with E-state index in [0.717, 1.165) is 11.1 Å². The van der Waals surface area contributed by atoms with Gasteiger partial charge in [0.05, 0.1) is 31.4 Å². The maximum Gasteiger partial charge on any atom is 0.166 e. The van der Waals surface area contributed by atoms with Crippen molar-refractivity contribution in [3.63, 3.8) is 0 Å². The van der Waals surface area contributed by atoms with Crippen LogP contribution in [0.3, 0.4) is 0 Å². The Labute approximate surface area is 160 Å². The van der Waals surface area contributed by atoms with Crippen molar-refractivity contribution in [2.24, 2.45) is 0 Å². The standard InChI is InChI=1S/C18H19N5O3S/c1-10-12(7-19)20-8-13-17(10)23-18(22-13)27-9-16(24)21-11-4-5-14(25-2)15(6-11)26-3/h4-6,8,16,21,24H,9H2,1-3H3,(H,22,23). The lowest BCUT2D eigenvalue weighted by molar-refractivity contribution is 0.229. The number of fused-ring (bicyclic) bond motifs is 1. The molecule has 0 fully saturated rings. The van der Waals surface area contributed by atoms with Gasteiger partial charge < -0.3 is 24.9 Å². The molecule has 0 spiro atoms. The number of hydrogen-bond acceptors (Lipinski definition) is 8. The minimum Gasteiger partial charge on any atom is -0.493 e. The van der Waals surface area contributed by atoms with Crippen molar-refractivity contribution >= 4 is 28.5 Å². The first-order valence-electron chi connectivity index (χ1n) is 8.10. The highest BCUT2D eigenvalue weighted by Gasteiger charge is 2.13. The fourth-order valence-electron chi connectivity index (χ4n) is 2.58. The summed E-state index contributed by atoms with van der Waals surface area (Å²) >= 11 is 1.37. The molecule has 1 aromatic carbocycles. The minimum atomic E-state index is -0.796. The van der Waals surface area contributed by atoms with Crippen molar-refractivity contribution < 1.29 is 14.6 Å². The zero-order chi connectivity index (χ0) is 19.4. The van der Waals surface area contributed by atoms with Crippen LogP contribution >= 0.6 is 11.8 Å². The molecule has 0 bridgehead atoms. The molecule has 1 atom stereocenters. The Morgan fingerprint density at radius 2 is 2.11 bits per heavy atom. The van der Waals surface area contributed by atoms with Crippen molar-refractivity contribution in [2.75, 3.05) is 25.3 Å². The molecule has 9 heteroatoms. The number of methoxy groups -OCH3 is 2. The van der Waals surface area contributed by atoms with Crippen LogP contribution in [0.25, 0.3) is 11.0 Å². The molecule has 0 amide bonds. The van der Waals surface area contributed by atoms with Crippen LogP contribution in [0.5, 0.6) is 11.5 Å². The van der Waals surface area contributed by atoms with E-state index in [1.807, 2.05) is 6.92 Å². The van der Waals surface area contributed by atoms with E-state index in [-0.39, 0.29) is 0 Å². The number of nitriles is 1. The fourth-order valence-corrected chi connectivity index (χ4v) is 3.32. The van der Waals surface area contributed by atoms with E-state index in [0.29, 0.717) is 39.3 Å². The summed E-state index contributed by atoms with van der Waals surface area (Å²) in [5, 5.41) is 23.0. The lowest BCUT2D eigenvalue weighted by atomic mass is 10.2. The van der Waals surface area contributed by atoms with Crippen molar-refractivity contribution in [3.05, 3.63) is 35.7 Å². The molecule has 0 aliphatic carbocycles. The van der Waals surface area contributed by atoms with E-state index in [4.69, 9.17) is 14.7 Å². The Morgan fingerprint density at radius 1 is 1.33 bits per heavy atom. The van der Waals surface area contributed by atoms with Crippen LogP contribution in [0.15, 0.2) is 29.6 Å². The Balaban J connectivity index is 1.66. The summed E-state index contributed by atoms with van der Waals surface area (Å²) in [6, 6.07) is 7.37. The molecule has 0 aliphatic rings. The SMILES string of the molecule is COc1ccc(NC(O)CSc2nc3c(C)c(C#N)ncc3[nH]2)cc1OC. The molecule has 1 unspecified atom stereocenters. The van der Waals surface area contributed by atoms with E-state index in [1.165, 1.54) is 11.8 Å². The molecule has 27 heavy (non-hydrogen) atoms. The van der Waals surface area contributed by atoms with Crippen molar-refractivity contribution in [1.82, 2.24) is 15.0 Å². The Bertz CT molecular complexity index is 999. The number of thioether (sulfide) groups is 1. The number of aromatic amines is 1. The second-order valence-electron chi connectivity index (χ2n) is 5.69. The number of benzene rings is 1. The fraction of sp³-hybridized carbons (Fsp3) is 0.278. The second-order valence-corrected chi connectivity index (χ2v) is 6.70. The summed E-state index contributed by atoms with van der Waals surface area (Å²) in [5.41, 5.74) is 3.29. The monoisotopic (exact) mass is 385 g/mol. The number of aliphatic hydroxyl groups excluding tert-OH is 1. The lowest BCUT2D eigenvalue weighted by Gasteiger charge is -2.15. The summed E-state index contributed by atoms with van der Waals surface area (Å²) in [6.07, 6.45) is 0.797. The van der Waals surface area contributed by atoms with Gasteiger partial charge in [-0.2, -0.15) is 5.26 Å². The third kappa shape index (κ3) is 4.07. The summed E-state index contributed by atoms with van der Waals surface area (Å²) < 4.78 is 10.5. The number of aromatic nitrogens is 3. The molecule has 140 valence electrons. The van der Waals surface area contributed by atoms with Gasteiger partial charge in [0, 0.05) is 23.1 Å². The Morgan fingerprint density at radius 3 is 2.81 bits per heavy atom. The molecule has 2 heterocycles. The van der Waals surface area contributed by atoms with E-state index >= 15 is 0 Å². The first kappa shape index (κ1) is 18.8. The molecule has 3 aromatic rings. The first-order valence-corrected chi connectivity index (χ1v) is 9.09. The smallest absolute Gasteiger partial charge is 0.166 e. The highest BCUT2D eigenvalue weighted by atomic mass is 32.2. The molecule has 0 radical (unpaired) electrons. The van der Waals surface area contributed by atoms with Gasteiger partial charge in [-0.3, -0.25) is 0 Å². The topological polar surface area (TPSA) is 116 Å². The van der Waals surface area contributed by atoms with Gasteiger partial charge in [0.15, 0.2) is 16.7 Å². The molecule has 2 aromatic heterocycles. The normalized spacial score (nSPS) is 11.8. The molecule has 8 nitrogen and oxygen atoms in total. The van der Waals surface area contributed by atoms with Crippen LogP contribution < -0.4 is 14.8 Å². The van der Waals surface area contributed by atoms with E-state index < -0.39 is 6.23 Å². The number of nitrogens with zero attached hydrogens (tertiary/aromatic N) is 3. The largest absolute Gasteiger partial charge is 0.493 e. The summed E-state index contributed by atoms with van der Waals surface area (Å²) in [6.45, 7) is 1.82. The Hall–Kier alpha value is -2.96. The van der Waals surface area contributed by atoms with Crippen LogP contribution in [-0.4, -0.2) is 46.3 Å². The number of ether oxygens (including phenoxy) is 2. The molecule has 0 saturated heterocycles. The average molecular weight is 385 g/mol. The number of anilines is 1. The minimum absolute atomic E-state index is 0.362. The average Bonchev–Trinajstić information content (AvgIpc) is 3.10. The number of hydrogen-bond donors (Lipinski definition) is 3. The van der Waals surface area contributed by atoms with Gasteiger partial charge in [0.2, 0.25) is 0 Å². The molecule has 3 N–H and O–H groups in total. The summed E-state index contributed by atoms with van der Waals surface area (Å²) in [4.78, 5) is 11.7. The second kappa shape index (κ2) is 8.16. The predicted octanol–water partition coefficient (Wildman–Crippen LogP) is 2.68. The first-order chi connectivity index (χ1) is 13.0. The van der Waals surface area contributed by atoms with Crippen molar-refractivity contribution in [1.29, 1.82) is 5.26 Å². The number of nitrogens with one attached hydrogen (secondary N) is 2. The van der Waals surface area contributed by atoms with Crippen LogP contribution in [0.1, 0.15) is 11.3 Å². The predicted molar refractivity (Wildman–Crippen MR) is 103 cm³/mol. The van der Waals surface area contributed by atoms with Gasteiger partial charge in [-0.25, -0.2) is 9.97 Å². The number of H-pyrrole nitrogens is 1. The molecular weight excluding hydrogens is 366 g/mol. The number of aliphatic hydroxyl groups is 1. The van der Waals surface area contributed by atoms with Crippen LogP contribution in [0.4, 0.5) is 5.69 Å². The Kier molecular flexibility index (Phi) is 5.69. The molecule has 0 aliphatic heterocycles. The highest BCUT2D eigenvalue weighted by Crippen LogP contribution is 2.30. The highest BCUT2D eigenvalue weighted by molar-refractivity contribution is 7.99. The summed E-state index contributed by atoms with van der Waals surface area (Å²) in [5.74, 6) is 1.57. The van der Waals surface area contributed by atoms with E-state index in [1.54, 1.807) is 38.6 Å². The third-order valence-corrected chi connectivity index (χ3v) is 4.89. The molecule has 3 rings (SSSR count). The third-order valence-electron chi connectivity index (χ3n) is 3.94. The van der Waals surface area contributed by atoms with Gasteiger partial charge in [0.1, 0.15) is 18.0 Å². The van der Waals surface area contributed by atoms with Crippen LogP contribution in [-0.2, 0) is 0 Å². The number of pyridine rings is 1. The summed E-state index contributed by atoms with van der Waals surface area (Å²) in [7, 11) is 3.13. The lowest BCUT2D eigenvalue weighted by Crippen LogP contribution is -2.21. The van der Waals surface area contributed by atoms with Crippen LogP contribution in [0.2, 0.25) is 0 Å². The molecule has 0 saturated carbocycles. The number of aryl methyl sites for hydroxylation is 1. The quantitative estimate of drug-likeness (QED) is 0.420. The maximum absolute atomic E-state index is 10.3. The number of imidazole rings is 1. The maximum atomic E-state index is 10.3. The van der Waals surface area contributed by atoms with Crippen LogP contribution in [0, 0.1) is 18.3 Å². The van der Waals surface area contributed by atoms with E-state index in [2.05, 4.69) is 26.3 Å². The zero-order valence-electron chi connectivity index (χ0n) is 15.1. The zero-order valence-corrected chi connectivity index (χ0v) is 15.9. The van der Waals surface area contributed by atoms with Gasteiger partial charge in [-0.05, 0) is 19.1 Å². The van der Waals surface area contributed by atoms with E-state index in [9.17, 15) is 5.11 Å². The van der Waals surface area contributed by atoms with Crippen molar-refractivity contribution in [3.8, 4) is 17.6 Å².